The molecule has 0 saturated carbocycles. The van der Waals surface area contributed by atoms with Crippen molar-refractivity contribution in [1.82, 2.24) is 0 Å². The van der Waals surface area contributed by atoms with Crippen molar-refractivity contribution in [3.8, 4) is 5.75 Å². The number of nitrogens with one attached hydrogen (secondary N) is 2. The highest BCUT2D eigenvalue weighted by Crippen LogP contribution is 2.29. The normalized spacial score (nSPS) is 11.4. The lowest BCUT2D eigenvalue weighted by atomic mass is 10.3. The van der Waals surface area contributed by atoms with E-state index < -0.39 is 20.6 Å². The molecule has 0 unspecified atom stereocenters. The van der Waals surface area contributed by atoms with Crippen LogP contribution in [-0.2, 0) is 10.0 Å². The zero-order valence-corrected chi connectivity index (χ0v) is 17.7. The Balaban J connectivity index is 1.82. The molecule has 156 valence electrons. The Kier molecular flexibility index (Phi) is 6.33. The third kappa shape index (κ3) is 5.13. The average molecular weight is 447 g/mol. The number of sulfonamides is 1. The number of nitro benzene ring substituents is 1. The van der Waals surface area contributed by atoms with Crippen LogP contribution < -0.4 is 14.9 Å². The van der Waals surface area contributed by atoms with E-state index in [1.165, 1.54) is 48.9 Å². The fourth-order valence-corrected chi connectivity index (χ4v) is 4.31. The summed E-state index contributed by atoms with van der Waals surface area (Å²) in [6.45, 7) is 1.96. The van der Waals surface area contributed by atoms with Crippen LogP contribution in [-0.4, -0.2) is 26.7 Å². The zero-order chi connectivity index (χ0) is 21.7. The van der Waals surface area contributed by atoms with Gasteiger partial charge in [-0.05, 0) is 55.5 Å². The number of rotatable bonds is 8. The van der Waals surface area contributed by atoms with E-state index in [1.54, 1.807) is 12.1 Å². The van der Waals surface area contributed by atoms with Crippen LogP contribution in [0.4, 0.5) is 17.1 Å². The number of hydrogen-bond donors (Lipinski definition) is 2. The van der Waals surface area contributed by atoms with Gasteiger partial charge in [0.15, 0.2) is 0 Å². The van der Waals surface area contributed by atoms with Crippen molar-refractivity contribution in [3.63, 3.8) is 0 Å². The van der Waals surface area contributed by atoms with Crippen LogP contribution in [0.3, 0.4) is 0 Å². The Morgan fingerprint density at radius 3 is 2.47 bits per heavy atom. The molecule has 0 saturated heterocycles. The van der Waals surface area contributed by atoms with Gasteiger partial charge in [-0.3, -0.25) is 20.3 Å². The number of aryl methyl sites for hydroxylation is 1. The largest absolute Gasteiger partial charge is 0.497 e. The first kappa shape index (κ1) is 21.3. The van der Waals surface area contributed by atoms with Crippen LogP contribution >= 0.6 is 11.3 Å². The topological polar surface area (TPSA) is 123 Å². The predicted octanol–water partition coefficient (Wildman–Crippen LogP) is 4.22. The molecule has 9 nitrogen and oxygen atoms in total. The average Bonchev–Trinajstić information content (AvgIpc) is 3.13. The maximum absolute atomic E-state index is 12.6. The highest BCUT2D eigenvalue weighted by atomic mass is 32.2. The second kappa shape index (κ2) is 8.93. The Labute approximate surface area is 177 Å². The molecule has 0 amide bonds. The molecule has 2 N–H and O–H groups in total. The SMILES string of the molecule is COc1ccc(NS(=O)(=O)c2ccc(NN=Cc3ccc(C)s3)c([N+](=O)[O-])c2)cc1. The molecule has 0 aliphatic carbocycles. The molecule has 0 radical (unpaired) electrons. The van der Waals surface area contributed by atoms with Gasteiger partial charge in [0.1, 0.15) is 11.4 Å². The van der Waals surface area contributed by atoms with Gasteiger partial charge in [0.25, 0.3) is 15.7 Å². The van der Waals surface area contributed by atoms with Crippen molar-refractivity contribution in [1.29, 1.82) is 0 Å². The molecule has 2 aromatic carbocycles. The van der Waals surface area contributed by atoms with Gasteiger partial charge < -0.3 is 4.74 Å². The molecule has 30 heavy (non-hydrogen) atoms. The summed E-state index contributed by atoms with van der Waals surface area (Å²) in [4.78, 5) is 12.5. The molecule has 0 atom stereocenters. The van der Waals surface area contributed by atoms with Crippen molar-refractivity contribution < 1.29 is 18.1 Å². The summed E-state index contributed by atoms with van der Waals surface area (Å²) in [5.41, 5.74) is 2.57. The summed E-state index contributed by atoms with van der Waals surface area (Å²) >= 11 is 1.52. The zero-order valence-electron chi connectivity index (χ0n) is 16.0. The number of thiophene rings is 1. The van der Waals surface area contributed by atoms with Crippen LogP contribution in [0.2, 0.25) is 0 Å². The van der Waals surface area contributed by atoms with Gasteiger partial charge in [-0.15, -0.1) is 11.3 Å². The summed E-state index contributed by atoms with van der Waals surface area (Å²) in [6.07, 6.45) is 1.54. The Morgan fingerprint density at radius 1 is 1.13 bits per heavy atom. The van der Waals surface area contributed by atoms with E-state index in [-0.39, 0.29) is 10.6 Å². The van der Waals surface area contributed by atoms with Gasteiger partial charge in [0, 0.05) is 21.5 Å². The summed E-state index contributed by atoms with van der Waals surface area (Å²) in [7, 11) is -2.53. The molecule has 0 aliphatic rings. The van der Waals surface area contributed by atoms with E-state index in [0.717, 1.165) is 15.8 Å². The van der Waals surface area contributed by atoms with E-state index >= 15 is 0 Å². The maximum atomic E-state index is 12.6. The summed E-state index contributed by atoms with van der Waals surface area (Å²) in [6, 6.07) is 13.6. The Hall–Kier alpha value is -3.44. The first-order valence-electron chi connectivity index (χ1n) is 8.59. The maximum Gasteiger partial charge on any atom is 0.295 e. The quantitative estimate of drug-likeness (QED) is 0.303. The number of nitrogens with zero attached hydrogens (tertiary/aromatic N) is 2. The molecule has 0 spiro atoms. The second-order valence-electron chi connectivity index (χ2n) is 6.09. The lowest BCUT2D eigenvalue weighted by Crippen LogP contribution is -2.13. The van der Waals surface area contributed by atoms with Crippen molar-refractivity contribution in [2.75, 3.05) is 17.3 Å². The van der Waals surface area contributed by atoms with Crippen molar-refractivity contribution in [2.24, 2.45) is 5.10 Å². The second-order valence-corrected chi connectivity index (χ2v) is 9.09. The molecule has 3 aromatic rings. The molecule has 3 rings (SSSR count). The number of hydrazone groups is 1. The van der Waals surface area contributed by atoms with Crippen LogP contribution in [0.1, 0.15) is 9.75 Å². The van der Waals surface area contributed by atoms with Crippen molar-refractivity contribution >= 4 is 44.6 Å². The number of ether oxygens (including phenoxy) is 1. The van der Waals surface area contributed by atoms with Gasteiger partial charge in [0.05, 0.1) is 23.1 Å². The monoisotopic (exact) mass is 446 g/mol. The minimum Gasteiger partial charge on any atom is -0.497 e. The molecule has 11 heteroatoms. The van der Waals surface area contributed by atoms with Crippen LogP contribution in [0.5, 0.6) is 5.75 Å². The minimum absolute atomic E-state index is 0.0768. The van der Waals surface area contributed by atoms with E-state index in [0.29, 0.717) is 11.4 Å². The van der Waals surface area contributed by atoms with Gasteiger partial charge in [-0.1, -0.05) is 0 Å². The molecule has 1 heterocycles. The Morgan fingerprint density at radius 2 is 1.87 bits per heavy atom. The van der Waals surface area contributed by atoms with Gasteiger partial charge in [0.2, 0.25) is 0 Å². The predicted molar refractivity (Wildman–Crippen MR) is 117 cm³/mol. The summed E-state index contributed by atoms with van der Waals surface area (Å²) in [5.74, 6) is 0.572. The number of methoxy groups -OCH3 is 1. The third-order valence-corrected chi connectivity index (χ3v) is 6.27. The lowest BCUT2D eigenvalue weighted by molar-refractivity contribution is -0.384. The van der Waals surface area contributed by atoms with E-state index in [9.17, 15) is 18.5 Å². The minimum atomic E-state index is -4.03. The molecule has 0 aliphatic heterocycles. The summed E-state index contributed by atoms with van der Waals surface area (Å²) in [5, 5.41) is 15.5. The number of hydrogen-bond acceptors (Lipinski definition) is 8. The van der Waals surface area contributed by atoms with Crippen molar-refractivity contribution in [2.45, 2.75) is 11.8 Å². The van der Waals surface area contributed by atoms with Crippen LogP contribution in [0.15, 0.2) is 64.6 Å². The summed E-state index contributed by atoms with van der Waals surface area (Å²) < 4.78 is 32.7. The smallest absolute Gasteiger partial charge is 0.295 e. The van der Waals surface area contributed by atoms with Crippen molar-refractivity contribution in [3.05, 3.63) is 74.5 Å². The molecular formula is C19H18N4O5S2. The van der Waals surface area contributed by atoms with Crippen LogP contribution in [0.25, 0.3) is 0 Å². The fourth-order valence-electron chi connectivity index (χ4n) is 2.49. The lowest BCUT2D eigenvalue weighted by Gasteiger charge is -2.10. The molecular weight excluding hydrogens is 428 g/mol. The fraction of sp³-hybridized carbons (Fsp3) is 0.105. The van der Waals surface area contributed by atoms with Gasteiger partial charge in [-0.25, -0.2) is 8.42 Å². The van der Waals surface area contributed by atoms with Gasteiger partial charge >= 0.3 is 0 Å². The third-order valence-electron chi connectivity index (χ3n) is 3.96. The Bertz CT molecular complexity index is 1190. The molecule has 0 bridgehead atoms. The molecule has 0 fully saturated rings. The highest BCUT2D eigenvalue weighted by Gasteiger charge is 2.21. The number of benzene rings is 2. The number of nitro groups is 1. The number of anilines is 2. The van der Waals surface area contributed by atoms with Gasteiger partial charge in [-0.2, -0.15) is 5.10 Å². The first-order valence-corrected chi connectivity index (χ1v) is 10.9. The van der Waals surface area contributed by atoms with Crippen LogP contribution in [0, 0.1) is 17.0 Å². The highest BCUT2D eigenvalue weighted by molar-refractivity contribution is 7.92. The van der Waals surface area contributed by atoms with E-state index in [4.69, 9.17) is 4.74 Å². The first-order chi connectivity index (χ1) is 14.3. The molecule has 1 aromatic heterocycles. The van der Waals surface area contributed by atoms with E-state index in [2.05, 4.69) is 15.2 Å². The van der Waals surface area contributed by atoms with E-state index in [1.807, 2.05) is 19.1 Å². The standard InChI is InChI=1S/C19H18N4O5S2/c1-13-3-8-16(29-13)12-20-21-18-10-9-17(11-19(18)23(24)25)30(26,27)22-14-4-6-15(28-2)7-5-14/h3-12,21-22H,1-2H3.